The fraction of sp³-hybridized carbons (Fsp3) is 0.556. The highest BCUT2D eigenvalue weighted by atomic mass is 16.6. The smallest absolute Gasteiger partial charge is 0.410 e. The van der Waals surface area contributed by atoms with E-state index in [0.717, 1.165) is 51.5 Å². The van der Waals surface area contributed by atoms with Gasteiger partial charge in [-0.15, -0.1) is 0 Å². The normalized spacial score (nSPS) is 17.1. The van der Waals surface area contributed by atoms with E-state index in [2.05, 4.69) is 62.0 Å². The highest BCUT2D eigenvalue weighted by Crippen LogP contribution is 2.34. The first kappa shape index (κ1) is 46.6. The van der Waals surface area contributed by atoms with Crippen molar-refractivity contribution in [3.8, 4) is 23.1 Å². The minimum atomic E-state index is -0.577. The summed E-state index contributed by atoms with van der Waals surface area (Å²) in [7, 11) is 4.95. The predicted molar refractivity (Wildman–Crippen MR) is 236 cm³/mol. The van der Waals surface area contributed by atoms with Crippen LogP contribution in [0.3, 0.4) is 0 Å². The van der Waals surface area contributed by atoms with Crippen LogP contribution in [0, 0.1) is 27.7 Å². The zero-order valence-electron chi connectivity index (χ0n) is 38.3. The molecule has 0 radical (unpaired) electrons. The number of aliphatic hydroxyl groups is 1. The molecule has 0 spiro atoms. The van der Waals surface area contributed by atoms with Crippen molar-refractivity contribution in [1.29, 1.82) is 0 Å². The Kier molecular flexibility index (Phi) is 14.9. The average molecular weight is 847 g/mol. The largest absolute Gasteiger partial charge is 0.494 e. The molecule has 2 amide bonds. The van der Waals surface area contributed by atoms with Crippen LogP contribution >= 0.6 is 0 Å². The first-order chi connectivity index (χ1) is 28.8. The van der Waals surface area contributed by atoms with Gasteiger partial charge in [-0.2, -0.15) is 0 Å². The lowest BCUT2D eigenvalue weighted by Gasteiger charge is -2.42. The molecule has 4 aromatic heterocycles. The number of rotatable bonds is 9. The topological polar surface area (TPSA) is 149 Å². The molecule has 0 unspecified atom stereocenters. The monoisotopic (exact) mass is 847 g/mol. The molecule has 2 fully saturated rings. The maximum Gasteiger partial charge on any atom is 0.410 e. The van der Waals surface area contributed by atoms with Gasteiger partial charge in [0.1, 0.15) is 34.3 Å². The number of carbonyl (C=O) groups is 2. The molecular weight excluding hydrogens is 781 g/mol. The lowest BCUT2D eigenvalue weighted by molar-refractivity contribution is 0.00323. The summed E-state index contributed by atoms with van der Waals surface area (Å²) in [6, 6.07) is 11.6. The van der Waals surface area contributed by atoms with Crippen molar-refractivity contribution in [1.82, 2.24) is 28.9 Å². The highest BCUT2D eigenvalue weighted by molar-refractivity contribution is 5.70. The second-order valence-electron chi connectivity index (χ2n) is 17.5. The van der Waals surface area contributed by atoms with Gasteiger partial charge in [-0.1, -0.05) is 0 Å². The Hall–Kier alpha value is -5.48. The SMILES string of the molecule is COC[C@H]1CN(c2cnc(-n3c(C)ccc3C)cc2OC)CCN1C(=O)OC(C)(C)C.COc1cc(-n2c(C)ccc2C)ncc1N1CCN(C(=O)OC(C)(C)C)[C@@H](CO)C1. The number of hydrogen-bond acceptors (Lipinski definition) is 12. The number of aliphatic hydroxyl groups excluding tert-OH is 1. The third-order valence-electron chi connectivity index (χ3n) is 10.6. The quantitative estimate of drug-likeness (QED) is 0.197. The first-order valence-corrected chi connectivity index (χ1v) is 20.8. The predicted octanol–water partition coefficient (Wildman–Crippen LogP) is 6.49. The number of pyridine rings is 2. The van der Waals surface area contributed by atoms with Gasteiger partial charge in [-0.05, 0) is 93.5 Å². The van der Waals surface area contributed by atoms with Crippen molar-refractivity contribution in [3.63, 3.8) is 0 Å². The van der Waals surface area contributed by atoms with Crippen molar-refractivity contribution in [2.45, 2.75) is 92.5 Å². The molecule has 0 aliphatic carbocycles. The van der Waals surface area contributed by atoms with Gasteiger partial charge in [0.2, 0.25) is 0 Å². The average Bonchev–Trinajstić information content (AvgIpc) is 3.73. The highest BCUT2D eigenvalue weighted by Gasteiger charge is 2.36. The van der Waals surface area contributed by atoms with E-state index in [1.165, 1.54) is 0 Å². The molecule has 0 aromatic carbocycles. The van der Waals surface area contributed by atoms with Crippen molar-refractivity contribution in [2.75, 3.05) is 83.6 Å². The molecule has 2 aliphatic rings. The molecule has 16 nitrogen and oxygen atoms in total. The Bertz CT molecular complexity index is 2080. The van der Waals surface area contributed by atoms with Crippen LogP contribution in [0.15, 0.2) is 48.8 Å². The third-order valence-corrected chi connectivity index (χ3v) is 10.6. The summed E-state index contributed by atoms with van der Waals surface area (Å²) in [6.07, 6.45) is 2.93. The molecule has 0 bridgehead atoms. The van der Waals surface area contributed by atoms with Crippen molar-refractivity contribution >= 4 is 23.6 Å². The van der Waals surface area contributed by atoms with Crippen LogP contribution in [-0.4, -0.2) is 143 Å². The van der Waals surface area contributed by atoms with Crippen molar-refractivity contribution in [2.24, 2.45) is 0 Å². The van der Waals surface area contributed by atoms with Gasteiger partial charge in [-0.25, -0.2) is 19.6 Å². The Morgan fingerprint density at radius 3 is 1.36 bits per heavy atom. The molecule has 334 valence electrons. The third kappa shape index (κ3) is 11.3. The zero-order valence-corrected chi connectivity index (χ0v) is 38.3. The number of amides is 2. The molecule has 61 heavy (non-hydrogen) atoms. The van der Waals surface area contributed by atoms with Gasteiger partial charge in [-0.3, -0.25) is 9.80 Å². The first-order valence-electron chi connectivity index (χ1n) is 20.8. The van der Waals surface area contributed by atoms with E-state index in [4.69, 9.17) is 28.7 Å². The zero-order chi connectivity index (χ0) is 44.8. The van der Waals surface area contributed by atoms with E-state index in [9.17, 15) is 14.7 Å². The van der Waals surface area contributed by atoms with Crippen LogP contribution in [0.5, 0.6) is 11.5 Å². The van der Waals surface area contributed by atoms with E-state index >= 15 is 0 Å². The molecule has 2 aliphatic heterocycles. The van der Waals surface area contributed by atoms with E-state index in [1.807, 2.05) is 73.7 Å². The number of carbonyl (C=O) groups excluding carboxylic acids is 2. The minimum Gasteiger partial charge on any atom is -0.494 e. The lowest BCUT2D eigenvalue weighted by Crippen LogP contribution is -2.57. The molecule has 0 saturated carbocycles. The van der Waals surface area contributed by atoms with E-state index in [1.54, 1.807) is 37.3 Å². The number of aromatic nitrogens is 4. The van der Waals surface area contributed by atoms with Gasteiger partial charge < -0.3 is 47.7 Å². The Morgan fingerprint density at radius 1 is 0.639 bits per heavy atom. The van der Waals surface area contributed by atoms with E-state index < -0.39 is 17.3 Å². The number of nitrogens with zero attached hydrogens (tertiary/aromatic N) is 8. The summed E-state index contributed by atoms with van der Waals surface area (Å²) in [5, 5.41) is 9.90. The Morgan fingerprint density at radius 2 is 1.02 bits per heavy atom. The molecular formula is C45H66N8O8. The van der Waals surface area contributed by atoms with Gasteiger partial charge in [0.05, 0.1) is 63.3 Å². The van der Waals surface area contributed by atoms with Crippen LogP contribution in [0.2, 0.25) is 0 Å². The number of piperazine rings is 2. The van der Waals surface area contributed by atoms with Crippen LogP contribution in [0.4, 0.5) is 21.0 Å². The summed E-state index contributed by atoms with van der Waals surface area (Å²) in [4.78, 5) is 42.2. The number of hydrogen-bond donors (Lipinski definition) is 1. The summed E-state index contributed by atoms with van der Waals surface area (Å²) < 4.78 is 32.0. The Labute approximate surface area is 360 Å². The van der Waals surface area contributed by atoms with Crippen molar-refractivity contribution in [3.05, 3.63) is 71.6 Å². The second kappa shape index (κ2) is 19.5. The van der Waals surface area contributed by atoms with Crippen molar-refractivity contribution < 1.29 is 38.4 Å². The van der Waals surface area contributed by atoms with Gasteiger partial charge in [0.25, 0.3) is 0 Å². The standard InChI is InChI=1S/C23H34N4O4.C22H32N4O4/c1-16-8-9-17(2)27(16)21-12-20(30-7)19(13-24-21)25-10-11-26(18(14-25)15-29-6)22(28)31-23(3,4)5;1-15-7-8-16(2)26(15)20-11-19(29-6)18(12-23-20)24-9-10-25(17(13-24)14-27)21(28)30-22(3,4)5/h8-9,12-13,18H,10-11,14-15H2,1-7H3;7-8,11-12,17,27H,9-10,13-14H2,1-6H3/t18-;17-/m11/s1. The minimum absolute atomic E-state index is 0.132. The van der Waals surface area contributed by atoms with Crippen LogP contribution in [-0.2, 0) is 14.2 Å². The maximum atomic E-state index is 12.7. The number of anilines is 2. The number of aryl methyl sites for hydroxylation is 4. The van der Waals surface area contributed by atoms with Crippen LogP contribution < -0.4 is 19.3 Å². The second-order valence-corrected chi connectivity index (χ2v) is 17.5. The Balaban J connectivity index is 0.000000231. The van der Waals surface area contributed by atoms with Crippen LogP contribution in [0.25, 0.3) is 11.6 Å². The number of ether oxygens (including phenoxy) is 5. The summed E-state index contributed by atoms with van der Waals surface area (Å²) in [5.41, 5.74) is 5.05. The summed E-state index contributed by atoms with van der Waals surface area (Å²) in [6.45, 7) is 22.9. The molecule has 2 atom stereocenters. The van der Waals surface area contributed by atoms with E-state index in [-0.39, 0.29) is 24.8 Å². The van der Waals surface area contributed by atoms with Gasteiger partial charge in [0.15, 0.2) is 0 Å². The maximum absolute atomic E-state index is 12.7. The van der Waals surface area contributed by atoms with E-state index in [0.29, 0.717) is 51.6 Å². The molecule has 16 heteroatoms. The fourth-order valence-corrected chi connectivity index (χ4v) is 7.71. The van der Waals surface area contributed by atoms with Gasteiger partial charge >= 0.3 is 12.2 Å². The lowest BCUT2D eigenvalue weighted by atomic mass is 10.1. The van der Waals surface area contributed by atoms with Gasteiger partial charge in [0, 0.05) is 81.3 Å². The van der Waals surface area contributed by atoms with Crippen LogP contribution in [0.1, 0.15) is 64.3 Å². The molecule has 2 saturated heterocycles. The molecule has 6 heterocycles. The summed E-state index contributed by atoms with van der Waals surface area (Å²) >= 11 is 0. The summed E-state index contributed by atoms with van der Waals surface area (Å²) in [5.74, 6) is 3.07. The molecule has 1 N–H and O–H groups in total. The molecule has 4 aromatic rings. The number of methoxy groups -OCH3 is 3. The fourth-order valence-electron chi connectivity index (χ4n) is 7.71. The molecule has 6 rings (SSSR count).